The number of carbonyl (C=O) groups is 1. The fraction of sp³-hybridized carbons (Fsp3) is 0.176. The fourth-order valence-corrected chi connectivity index (χ4v) is 3.00. The largest absolute Gasteiger partial charge is 0.464 e. The van der Waals surface area contributed by atoms with Crippen LogP contribution < -0.4 is 0 Å². The molecule has 0 saturated heterocycles. The van der Waals surface area contributed by atoms with Gasteiger partial charge in [0.05, 0.1) is 24.7 Å². The van der Waals surface area contributed by atoms with Crippen molar-refractivity contribution in [3.05, 3.63) is 63.3 Å². The van der Waals surface area contributed by atoms with Gasteiger partial charge in [0, 0.05) is 15.4 Å². The first-order valence-corrected chi connectivity index (χ1v) is 8.06. The molecule has 0 spiro atoms. The minimum Gasteiger partial charge on any atom is -0.464 e. The molecule has 0 N–H and O–H groups in total. The second-order valence-corrected chi connectivity index (χ2v) is 6.31. The number of halogens is 5. The Balaban J connectivity index is 2.17. The quantitative estimate of drug-likeness (QED) is 0.565. The monoisotopic (exact) mass is 402 g/mol. The lowest BCUT2D eigenvalue weighted by Gasteiger charge is -2.09. The first kappa shape index (κ1) is 18.5. The molecule has 0 saturated carbocycles. The van der Waals surface area contributed by atoms with Gasteiger partial charge in [-0.3, -0.25) is 4.68 Å². The molecule has 0 aliphatic carbocycles. The Morgan fingerprint density at radius 3 is 2.54 bits per heavy atom. The molecule has 136 valence electrons. The molecule has 2 aromatic carbocycles. The third-order valence-corrected chi connectivity index (χ3v) is 4.38. The van der Waals surface area contributed by atoms with Gasteiger partial charge in [-0.2, -0.15) is 18.3 Å². The highest BCUT2D eigenvalue weighted by Crippen LogP contribution is 2.33. The number of esters is 1. The second-order valence-electron chi connectivity index (χ2n) is 5.46. The van der Waals surface area contributed by atoms with E-state index in [1.807, 2.05) is 0 Å². The standard InChI is InChI=1S/C17H11Cl2F3N2O2/c1-26-16(25)15-12-5-3-10(17(20,21)22)6-14(12)24(23-15)8-9-2-4-11(18)7-13(9)19/h2-7H,8H2,1H3. The van der Waals surface area contributed by atoms with Crippen molar-refractivity contribution in [2.75, 3.05) is 7.11 Å². The lowest BCUT2D eigenvalue weighted by molar-refractivity contribution is -0.137. The van der Waals surface area contributed by atoms with Crippen LogP contribution in [0.2, 0.25) is 10.0 Å². The SMILES string of the molecule is COC(=O)c1nn(Cc2ccc(Cl)cc2Cl)c2cc(C(F)(F)F)ccc12. The maximum absolute atomic E-state index is 13.1. The van der Waals surface area contributed by atoms with Gasteiger partial charge in [-0.05, 0) is 35.9 Å². The first-order valence-electron chi connectivity index (χ1n) is 7.30. The molecule has 0 unspecified atom stereocenters. The Morgan fingerprint density at radius 1 is 1.19 bits per heavy atom. The maximum Gasteiger partial charge on any atom is 0.416 e. The van der Waals surface area contributed by atoms with Crippen molar-refractivity contribution in [2.45, 2.75) is 12.7 Å². The van der Waals surface area contributed by atoms with Crippen molar-refractivity contribution >= 4 is 40.1 Å². The summed E-state index contributed by atoms with van der Waals surface area (Å²) in [4.78, 5) is 11.9. The summed E-state index contributed by atoms with van der Waals surface area (Å²) in [6.45, 7) is 0.0603. The molecule has 26 heavy (non-hydrogen) atoms. The summed E-state index contributed by atoms with van der Waals surface area (Å²) in [5.41, 5.74) is -0.174. The molecule has 0 aliphatic rings. The smallest absolute Gasteiger partial charge is 0.416 e. The molecule has 1 heterocycles. The van der Waals surface area contributed by atoms with Gasteiger partial charge in [0.1, 0.15) is 0 Å². The summed E-state index contributed by atoms with van der Waals surface area (Å²) in [5, 5.41) is 5.15. The number of alkyl halides is 3. The van der Waals surface area contributed by atoms with Gasteiger partial charge in [0.25, 0.3) is 0 Å². The van der Waals surface area contributed by atoms with E-state index in [1.165, 1.54) is 23.9 Å². The summed E-state index contributed by atoms with van der Waals surface area (Å²) in [6, 6.07) is 7.82. The predicted molar refractivity (Wildman–Crippen MR) is 91.6 cm³/mol. The highest BCUT2D eigenvalue weighted by atomic mass is 35.5. The zero-order valence-electron chi connectivity index (χ0n) is 13.3. The Morgan fingerprint density at radius 2 is 1.92 bits per heavy atom. The Hall–Kier alpha value is -2.25. The van der Waals surface area contributed by atoms with Crippen LogP contribution in [-0.4, -0.2) is 22.9 Å². The number of benzene rings is 2. The van der Waals surface area contributed by atoms with Crippen molar-refractivity contribution < 1.29 is 22.7 Å². The van der Waals surface area contributed by atoms with Crippen LogP contribution in [0.4, 0.5) is 13.2 Å². The average Bonchev–Trinajstić information content (AvgIpc) is 2.94. The van der Waals surface area contributed by atoms with Crippen molar-refractivity contribution in [3.8, 4) is 0 Å². The molecule has 0 bridgehead atoms. The number of nitrogens with zero attached hydrogens (tertiary/aromatic N) is 2. The van der Waals surface area contributed by atoms with Gasteiger partial charge in [0.15, 0.2) is 5.69 Å². The van der Waals surface area contributed by atoms with Gasteiger partial charge >= 0.3 is 12.1 Å². The number of methoxy groups -OCH3 is 1. The van der Waals surface area contributed by atoms with Crippen LogP contribution in [0.5, 0.6) is 0 Å². The molecule has 0 radical (unpaired) electrons. The summed E-state index contributed by atoms with van der Waals surface area (Å²) in [5.74, 6) is -0.740. The Kier molecular flexibility index (Phi) is 4.86. The van der Waals surface area contributed by atoms with E-state index in [2.05, 4.69) is 9.84 Å². The third-order valence-electron chi connectivity index (χ3n) is 3.79. The minimum absolute atomic E-state index is 0.0603. The molecule has 0 aliphatic heterocycles. The van der Waals surface area contributed by atoms with Gasteiger partial charge in [-0.25, -0.2) is 4.79 Å². The maximum atomic E-state index is 13.1. The summed E-state index contributed by atoms with van der Waals surface area (Å²) >= 11 is 12.0. The van der Waals surface area contributed by atoms with Crippen LogP contribution >= 0.6 is 23.2 Å². The number of rotatable bonds is 3. The van der Waals surface area contributed by atoms with Gasteiger partial charge in [-0.1, -0.05) is 29.3 Å². The average molecular weight is 403 g/mol. The number of hydrogen-bond acceptors (Lipinski definition) is 3. The van der Waals surface area contributed by atoms with E-state index in [0.717, 1.165) is 12.1 Å². The minimum atomic E-state index is -4.52. The van der Waals surface area contributed by atoms with Gasteiger partial charge in [-0.15, -0.1) is 0 Å². The summed E-state index contributed by atoms with van der Waals surface area (Å²) in [7, 11) is 1.17. The molecule has 1 aromatic heterocycles. The van der Waals surface area contributed by atoms with E-state index in [1.54, 1.807) is 12.1 Å². The van der Waals surface area contributed by atoms with E-state index in [4.69, 9.17) is 23.2 Å². The molecule has 0 atom stereocenters. The van der Waals surface area contributed by atoms with E-state index < -0.39 is 17.7 Å². The summed E-state index contributed by atoms with van der Waals surface area (Å²) < 4.78 is 45.1. The molecule has 0 fully saturated rings. The van der Waals surface area contributed by atoms with Crippen LogP contribution in [0.25, 0.3) is 10.9 Å². The number of fused-ring (bicyclic) bond motifs is 1. The topological polar surface area (TPSA) is 44.1 Å². The predicted octanol–water partition coefficient (Wildman–Crippen LogP) is 5.20. The second kappa shape index (κ2) is 6.81. The van der Waals surface area contributed by atoms with Crippen LogP contribution in [0.3, 0.4) is 0 Å². The number of hydrogen-bond donors (Lipinski definition) is 0. The Labute approximate surface area is 156 Å². The molecule has 0 amide bonds. The number of carbonyl (C=O) groups excluding carboxylic acids is 1. The van der Waals surface area contributed by atoms with Gasteiger partial charge < -0.3 is 4.74 Å². The Bertz CT molecular complexity index is 1000. The number of aromatic nitrogens is 2. The molecule has 3 rings (SSSR count). The van der Waals surface area contributed by atoms with Crippen LogP contribution in [0.1, 0.15) is 21.6 Å². The van der Waals surface area contributed by atoms with Crippen LogP contribution in [0.15, 0.2) is 36.4 Å². The third kappa shape index (κ3) is 3.50. The van der Waals surface area contributed by atoms with Crippen LogP contribution in [-0.2, 0) is 17.5 Å². The zero-order valence-corrected chi connectivity index (χ0v) is 14.8. The lowest BCUT2D eigenvalue weighted by atomic mass is 10.1. The van der Waals surface area contributed by atoms with Crippen molar-refractivity contribution in [1.29, 1.82) is 0 Å². The van der Waals surface area contributed by atoms with Crippen molar-refractivity contribution in [3.63, 3.8) is 0 Å². The van der Waals surface area contributed by atoms with E-state index in [0.29, 0.717) is 15.6 Å². The normalized spacial score (nSPS) is 11.8. The summed E-state index contributed by atoms with van der Waals surface area (Å²) in [6.07, 6.45) is -4.52. The molecule has 9 heteroatoms. The van der Waals surface area contributed by atoms with Gasteiger partial charge in [0.2, 0.25) is 0 Å². The molecule has 3 aromatic rings. The lowest BCUT2D eigenvalue weighted by Crippen LogP contribution is -2.07. The van der Waals surface area contributed by atoms with E-state index >= 15 is 0 Å². The first-order chi connectivity index (χ1) is 12.2. The van der Waals surface area contributed by atoms with Crippen molar-refractivity contribution in [2.24, 2.45) is 0 Å². The van der Waals surface area contributed by atoms with E-state index in [9.17, 15) is 18.0 Å². The highest BCUT2D eigenvalue weighted by molar-refractivity contribution is 6.35. The highest BCUT2D eigenvalue weighted by Gasteiger charge is 2.31. The molecular weight excluding hydrogens is 392 g/mol. The molecule has 4 nitrogen and oxygen atoms in total. The molecular formula is C17H11Cl2F3N2O2. The van der Waals surface area contributed by atoms with E-state index in [-0.39, 0.29) is 23.1 Å². The van der Waals surface area contributed by atoms with Crippen molar-refractivity contribution in [1.82, 2.24) is 9.78 Å². The van der Waals surface area contributed by atoms with Crippen LogP contribution in [0, 0.1) is 0 Å². The number of ether oxygens (including phenoxy) is 1. The fourth-order valence-electron chi connectivity index (χ4n) is 2.53. The zero-order chi connectivity index (χ0) is 19.1.